The Kier molecular flexibility index (Phi) is 5.27. The Hall–Kier alpha value is -3.13. The molecule has 5 heteroatoms. The molecule has 5 nitrogen and oxygen atoms in total. The molecule has 0 saturated carbocycles. The zero-order valence-electron chi connectivity index (χ0n) is 11.8. The maximum absolute atomic E-state index is 11.7. The van der Waals surface area contributed by atoms with Crippen molar-refractivity contribution in [2.24, 2.45) is 0 Å². The third-order valence-corrected chi connectivity index (χ3v) is 2.91. The van der Waals surface area contributed by atoms with Crippen molar-refractivity contribution < 1.29 is 14.3 Å². The molecule has 0 aliphatic heterocycles. The van der Waals surface area contributed by atoms with E-state index in [9.17, 15) is 9.59 Å². The summed E-state index contributed by atoms with van der Waals surface area (Å²) in [6.45, 7) is -0.0875. The fraction of sp³-hybridized carbons (Fsp3) is 0.118. The van der Waals surface area contributed by atoms with Crippen molar-refractivity contribution in [2.75, 3.05) is 6.54 Å². The molecule has 0 unspecified atom stereocenters. The fourth-order valence-corrected chi connectivity index (χ4v) is 1.73. The molecule has 2 aromatic carbocycles. The molecule has 0 heterocycles. The molecule has 0 aromatic heterocycles. The SMILES string of the molecule is N#Cc1ccc(COC(=O)CNC(=O)c2ccccc2)cc1. The van der Waals surface area contributed by atoms with E-state index in [2.05, 4.69) is 5.32 Å². The number of hydrogen-bond donors (Lipinski definition) is 1. The zero-order chi connectivity index (χ0) is 15.8. The van der Waals surface area contributed by atoms with Crippen LogP contribution in [0.2, 0.25) is 0 Å². The first-order valence-electron chi connectivity index (χ1n) is 6.67. The lowest BCUT2D eigenvalue weighted by molar-refractivity contribution is -0.143. The van der Waals surface area contributed by atoms with E-state index in [0.29, 0.717) is 11.1 Å². The number of carbonyl (C=O) groups excluding carboxylic acids is 2. The normalized spacial score (nSPS) is 9.59. The van der Waals surface area contributed by atoms with Gasteiger partial charge in [-0.15, -0.1) is 0 Å². The Morgan fingerprint density at radius 2 is 1.73 bits per heavy atom. The van der Waals surface area contributed by atoms with Gasteiger partial charge < -0.3 is 10.1 Å². The third kappa shape index (κ3) is 4.46. The van der Waals surface area contributed by atoms with Gasteiger partial charge in [0.15, 0.2) is 0 Å². The van der Waals surface area contributed by atoms with Crippen molar-refractivity contribution in [3.63, 3.8) is 0 Å². The van der Waals surface area contributed by atoms with E-state index in [-0.39, 0.29) is 19.1 Å². The van der Waals surface area contributed by atoms with E-state index in [4.69, 9.17) is 10.00 Å². The van der Waals surface area contributed by atoms with E-state index in [0.717, 1.165) is 5.56 Å². The van der Waals surface area contributed by atoms with Gasteiger partial charge in [0.1, 0.15) is 13.2 Å². The van der Waals surface area contributed by atoms with Crippen LogP contribution in [-0.4, -0.2) is 18.4 Å². The van der Waals surface area contributed by atoms with Crippen molar-refractivity contribution in [3.05, 3.63) is 71.3 Å². The predicted octanol–water partition coefficient (Wildman–Crippen LogP) is 2.03. The summed E-state index contributed by atoms with van der Waals surface area (Å²) >= 11 is 0. The second-order valence-corrected chi connectivity index (χ2v) is 4.52. The Bertz CT molecular complexity index is 688. The first-order valence-corrected chi connectivity index (χ1v) is 6.67. The summed E-state index contributed by atoms with van der Waals surface area (Å²) in [7, 11) is 0. The lowest BCUT2D eigenvalue weighted by Gasteiger charge is -2.06. The maximum Gasteiger partial charge on any atom is 0.325 e. The number of carbonyl (C=O) groups is 2. The molecule has 0 fully saturated rings. The Labute approximate surface area is 128 Å². The summed E-state index contributed by atoms with van der Waals surface area (Å²) in [6.07, 6.45) is 0. The quantitative estimate of drug-likeness (QED) is 0.856. The molecule has 0 aliphatic rings. The number of ether oxygens (including phenoxy) is 1. The molecule has 0 bridgehead atoms. The first kappa shape index (κ1) is 15.3. The molecule has 0 atom stereocenters. The van der Waals surface area contributed by atoms with Crippen LogP contribution < -0.4 is 5.32 Å². The standard InChI is InChI=1S/C17H14N2O3/c18-10-13-6-8-14(9-7-13)12-22-16(20)11-19-17(21)15-4-2-1-3-5-15/h1-9H,11-12H2,(H,19,21). The molecule has 22 heavy (non-hydrogen) atoms. The number of amides is 1. The van der Waals surface area contributed by atoms with Crippen LogP contribution in [-0.2, 0) is 16.1 Å². The van der Waals surface area contributed by atoms with E-state index in [1.54, 1.807) is 48.5 Å². The maximum atomic E-state index is 11.7. The predicted molar refractivity (Wildman–Crippen MR) is 79.7 cm³/mol. The number of nitriles is 1. The molecule has 1 amide bonds. The van der Waals surface area contributed by atoms with Gasteiger partial charge in [0.25, 0.3) is 5.91 Å². The minimum absolute atomic E-state index is 0.103. The summed E-state index contributed by atoms with van der Waals surface area (Å²) in [5, 5.41) is 11.2. The number of esters is 1. The molecule has 1 N–H and O–H groups in total. The number of benzene rings is 2. The second kappa shape index (κ2) is 7.60. The van der Waals surface area contributed by atoms with Gasteiger partial charge in [0, 0.05) is 5.56 Å². The Morgan fingerprint density at radius 3 is 2.36 bits per heavy atom. The minimum atomic E-state index is -0.520. The average molecular weight is 294 g/mol. The van der Waals surface area contributed by atoms with Crippen LogP contribution in [0.5, 0.6) is 0 Å². The van der Waals surface area contributed by atoms with Gasteiger partial charge in [-0.2, -0.15) is 5.26 Å². The molecular formula is C17H14N2O3. The van der Waals surface area contributed by atoms with Gasteiger partial charge in [0.05, 0.1) is 11.6 Å². The first-order chi connectivity index (χ1) is 10.7. The summed E-state index contributed by atoms with van der Waals surface area (Å²) in [6, 6.07) is 17.4. The van der Waals surface area contributed by atoms with Crippen molar-refractivity contribution in [2.45, 2.75) is 6.61 Å². The highest BCUT2D eigenvalue weighted by Gasteiger charge is 2.08. The van der Waals surface area contributed by atoms with Crippen LogP contribution in [0.15, 0.2) is 54.6 Å². The van der Waals surface area contributed by atoms with Gasteiger partial charge in [-0.3, -0.25) is 9.59 Å². The molecule has 0 aliphatic carbocycles. The van der Waals surface area contributed by atoms with Gasteiger partial charge in [-0.25, -0.2) is 0 Å². The van der Waals surface area contributed by atoms with Crippen LogP contribution in [0, 0.1) is 11.3 Å². The summed E-state index contributed by atoms with van der Waals surface area (Å²) < 4.78 is 5.05. The largest absolute Gasteiger partial charge is 0.460 e. The zero-order valence-corrected chi connectivity index (χ0v) is 11.8. The Balaban J connectivity index is 1.76. The highest BCUT2D eigenvalue weighted by molar-refractivity contribution is 5.95. The molecule has 2 aromatic rings. The smallest absolute Gasteiger partial charge is 0.325 e. The summed E-state index contributed by atoms with van der Waals surface area (Å²) in [5.41, 5.74) is 1.81. The second-order valence-electron chi connectivity index (χ2n) is 4.52. The molecule has 2 rings (SSSR count). The molecule has 110 valence electrons. The lowest BCUT2D eigenvalue weighted by Crippen LogP contribution is -2.30. The number of nitrogens with one attached hydrogen (secondary N) is 1. The molecule has 0 spiro atoms. The fourth-order valence-electron chi connectivity index (χ4n) is 1.73. The minimum Gasteiger partial charge on any atom is -0.460 e. The monoisotopic (exact) mass is 294 g/mol. The average Bonchev–Trinajstić information content (AvgIpc) is 2.59. The van der Waals surface area contributed by atoms with E-state index < -0.39 is 5.97 Å². The van der Waals surface area contributed by atoms with E-state index >= 15 is 0 Å². The van der Waals surface area contributed by atoms with Crippen molar-refractivity contribution in [3.8, 4) is 6.07 Å². The van der Waals surface area contributed by atoms with Crippen LogP contribution in [0.1, 0.15) is 21.5 Å². The summed E-state index contributed by atoms with van der Waals surface area (Å²) in [4.78, 5) is 23.3. The topological polar surface area (TPSA) is 79.2 Å². The molecule has 0 saturated heterocycles. The lowest BCUT2D eigenvalue weighted by atomic mass is 10.2. The summed E-state index contributed by atoms with van der Waals surface area (Å²) in [5.74, 6) is -0.843. The van der Waals surface area contributed by atoms with Crippen molar-refractivity contribution in [1.82, 2.24) is 5.32 Å². The number of rotatable bonds is 5. The van der Waals surface area contributed by atoms with Crippen LogP contribution in [0.25, 0.3) is 0 Å². The van der Waals surface area contributed by atoms with E-state index in [1.807, 2.05) is 12.1 Å². The van der Waals surface area contributed by atoms with Crippen LogP contribution in [0.3, 0.4) is 0 Å². The van der Waals surface area contributed by atoms with Crippen molar-refractivity contribution >= 4 is 11.9 Å². The molecule has 0 radical (unpaired) electrons. The van der Waals surface area contributed by atoms with Crippen molar-refractivity contribution in [1.29, 1.82) is 5.26 Å². The van der Waals surface area contributed by atoms with Gasteiger partial charge in [-0.05, 0) is 29.8 Å². The molecular weight excluding hydrogens is 280 g/mol. The van der Waals surface area contributed by atoms with Crippen LogP contribution >= 0.6 is 0 Å². The highest BCUT2D eigenvalue weighted by Crippen LogP contribution is 2.05. The van der Waals surface area contributed by atoms with Gasteiger partial charge >= 0.3 is 5.97 Å². The number of hydrogen-bond acceptors (Lipinski definition) is 4. The van der Waals surface area contributed by atoms with Crippen LogP contribution in [0.4, 0.5) is 0 Å². The van der Waals surface area contributed by atoms with Gasteiger partial charge in [0.2, 0.25) is 0 Å². The number of nitrogens with zero attached hydrogens (tertiary/aromatic N) is 1. The highest BCUT2D eigenvalue weighted by atomic mass is 16.5. The van der Waals surface area contributed by atoms with Gasteiger partial charge in [-0.1, -0.05) is 30.3 Å². The third-order valence-electron chi connectivity index (χ3n) is 2.91. The Morgan fingerprint density at radius 1 is 1.05 bits per heavy atom. The van der Waals surface area contributed by atoms with E-state index in [1.165, 1.54) is 0 Å².